The lowest BCUT2D eigenvalue weighted by Gasteiger charge is -2.33. The average molecular weight is 302 g/mol. The van der Waals surface area contributed by atoms with E-state index in [4.69, 9.17) is 9.84 Å². The zero-order valence-corrected chi connectivity index (χ0v) is 14.9. The Labute approximate surface area is 128 Å². The molecule has 0 saturated carbocycles. The van der Waals surface area contributed by atoms with E-state index in [0.717, 1.165) is 19.1 Å². The van der Waals surface area contributed by atoms with Gasteiger partial charge in [0.05, 0.1) is 16.3 Å². The fourth-order valence-electron chi connectivity index (χ4n) is 3.24. The van der Waals surface area contributed by atoms with Crippen molar-refractivity contribution in [1.29, 1.82) is 0 Å². The first-order chi connectivity index (χ1) is 9.88. The highest BCUT2D eigenvalue weighted by Crippen LogP contribution is 2.18. The van der Waals surface area contributed by atoms with Crippen molar-refractivity contribution < 1.29 is 9.84 Å². The fraction of sp³-hybridized carbons (Fsp3) is 1.00. The molecule has 4 heteroatoms. The number of hydrogen-bond acceptors (Lipinski definition) is 3. The molecule has 0 aromatic heterocycles. The fourth-order valence-corrected chi connectivity index (χ4v) is 5.40. The van der Waals surface area contributed by atoms with Crippen LogP contribution in [-0.2, 0) is 4.74 Å². The highest BCUT2D eigenvalue weighted by atomic mass is 28.2. The van der Waals surface area contributed by atoms with Gasteiger partial charge in [0.25, 0.3) is 0 Å². The number of nitrogens with zero attached hydrogens (tertiary/aromatic N) is 1. The number of aliphatic hydroxyl groups is 1. The summed E-state index contributed by atoms with van der Waals surface area (Å²) >= 11 is 0. The largest absolute Gasteiger partial charge is 0.371 e. The van der Waals surface area contributed by atoms with E-state index in [0.29, 0.717) is 0 Å². The van der Waals surface area contributed by atoms with Crippen molar-refractivity contribution in [3.63, 3.8) is 0 Å². The van der Waals surface area contributed by atoms with Crippen LogP contribution in [0, 0.1) is 0 Å². The minimum absolute atomic E-state index is 0.0404. The molecule has 0 bridgehead atoms. The van der Waals surface area contributed by atoms with Gasteiger partial charge in [-0.25, -0.2) is 0 Å². The molecule has 0 aromatic carbocycles. The van der Waals surface area contributed by atoms with Crippen molar-refractivity contribution in [1.82, 2.24) is 4.57 Å². The van der Waals surface area contributed by atoms with Gasteiger partial charge in [-0.2, -0.15) is 0 Å². The molecule has 1 aliphatic heterocycles. The molecule has 1 unspecified atom stereocenters. The molecule has 20 heavy (non-hydrogen) atoms. The number of ether oxygens (including phenoxy) is 1. The lowest BCUT2D eigenvalue weighted by atomic mass is 10.0. The van der Waals surface area contributed by atoms with Gasteiger partial charge in [0.15, 0.2) is 0 Å². The van der Waals surface area contributed by atoms with Crippen LogP contribution in [0.15, 0.2) is 0 Å². The molecule has 0 amide bonds. The van der Waals surface area contributed by atoms with E-state index in [1.807, 2.05) is 0 Å². The molecule has 0 aliphatic carbocycles. The van der Waals surface area contributed by atoms with Crippen molar-refractivity contribution in [2.24, 2.45) is 0 Å². The van der Waals surface area contributed by atoms with Gasteiger partial charge in [-0.15, -0.1) is 0 Å². The molecule has 1 saturated heterocycles. The Hall–Kier alpha value is 0.0969. The molecule has 120 valence electrons. The van der Waals surface area contributed by atoms with E-state index in [-0.39, 0.29) is 16.5 Å². The van der Waals surface area contributed by atoms with Gasteiger partial charge in [0.2, 0.25) is 0 Å². The Morgan fingerprint density at radius 2 is 1.95 bits per heavy atom. The maximum atomic E-state index is 8.79. The zero-order valence-electron chi connectivity index (χ0n) is 13.5. The van der Waals surface area contributed by atoms with Crippen LogP contribution in [0.1, 0.15) is 71.1 Å². The first-order valence-electron chi connectivity index (χ1n) is 8.81. The molecule has 0 spiro atoms. The molecule has 1 heterocycles. The van der Waals surface area contributed by atoms with Crippen LogP contribution in [0.5, 0.6) is 0 Å². The van der Waals surface area contributed by atoms with Crippen LogP contribution in [-0.4, -0.2) is 45.3 Å². The van der Waals surface area contributed by atoms with E-state index in [1.165, 1.54) is 70.4 Å². The summed E-state index contributed by atoms with van der Waals surface area (Å²) in [5.41, 5.74) is 0. The summed E-state index contributed by atoms with van der Waals surface area (Å²) in [7, 11) is -0.0404. The number of unbranched alkanes of at least 4 members (excludes halogenated alkanes) is 3. The second-order valence-corrected chi connectivity index (χ2v) is 8.10. The Bertz CT molecular complexity index is 209. The Morgan fingerprint density at radius 3 is 2.75 bits per heavy atom. The third-order valence-corrected chi connectivity index (χ3v) is 6.71. The smallest absolute Gasteiger partial charge is 0.143 e. The Kier molecular flexibility index (Phi) is 11.6. The monoisotopic (exact) mass is 301 g/mol. The molecular formula is C16H35NO2Si. The first kappa shape index (κ1) is 18.1. The van der Waals surface area contributed by atoms with Crippen LogP contribution in [0.25, 0.3) is 0 Å². The van der Waals surface area contributed by atoms with Gasteiger partial charge in [-0.05, 0) is 31.9 Å². The molecule has 1 atom stereocenters. The summed E-state index contributed by atoms with van der Waals surface area (Å²) in [6.45, 7) is 4.20. The van der Waals surface area contributed by atoms with Crippen LogP contribution in [0.3, 0.4) is 0 Å². The molecule has 1 aliphatic rings. The van der Waals surface area contributed by atoms with E-state index < -0.39 is 0 Å². The predicted octanol–water partition coefficient (Wildman–Crippen LogP) is 3.06. The minimum atomic E-state index is -0.125. The SMILES string of the molecule is CCCCCCC(CCOCO)N1CCCCCC[SiH2]1. The van der Waals surface area contributed by atoms with Crippen molar-refractivity contribution in [2.45, 2.75) is 83.2 Å². The summed E-state index contributed by atoms with van der Waals surface area (Å²) in [5, 5.41) is 8.79. The highest BCUT2D eigenvalue weighted by Gasteiger charge is 2.18. The second kappa shape index (κ2) is 12.8. The topological polar surface area (TPSA) is 32.7 Å². The van der Waals surface area contributed by atoms with Crippen molar-refractivity contribution in [3.05, 3.63) is 0 Å². The van der Waals surface area contributed by atoms with E-state index in [2.05, 4.69) is 11.5 Å². The molecule has 3 nitrogen and oxygen atoms in total. The quantitative estimate of drug-likeness (QED) is 0.382. The van der Waals surface area contributed by atoms with E-state index in [9.17, 15) is 0 Å². The lowest BCUT2D eigenvalue weighted by Crippen LogP contribution is -2.40. The predicted molar refractivity (Wildman–Crippen MR) is 88.7 cm³/mol. The maximum absolute atomic E-state index is 8.79. The molecule has 0 aromatic rings. The molecule has 1 fully saturated rings. The number of aliphatic hydroxyl groups excluding tert-OH is 1. The van der Waals surface area contributed by atoms with Crippen molar-refractivity contribution in [3.8, 4) is 0 Å². The van der Waals surface area contributed by atoms with Crippen molar-refractivity contribution in [2.75, 3.05) is 19.9 Å². The van der Waals surface area contributed by atoms with Gasteiger partial charge < -0.3 is 14.4 Å². The number of hydrogen-bond donors (Lipinski definition) is 1. The summed E-state index contributed by atoms with van der Waals surface area (Å²) in [4.78, 5) is 0. The zero-order chi connectivity index (χ0) is 14.5. The first-order valence-corrected chi connectivity index (χ1v) is 10.4. The van der Waals surface area contributed by atoms with Gasteiger partial charge in [-0.3, -0.25) is 0 Å². The minimum Gasteiger partial charge on any atom is -0.371 e. The van der Waals surface area contributed by atoms with Crippen LogP contribution in [0.2, 0.25) is 6.04 Å². The van der Waals surface area contributed by atoms with Crippen LogP contribution < -0.4 is 0 Å². The molecule has 1 rings (SSSR count). The average Bonchev–Trinajstić information content (AvgIpc) is 2.42. The van der Waals surface area contributed by atoms with Gasteiger partial charge in [-0.1, -0.05) is 51.9 Å². The summed E-state index contributed by atoms with van der Waals surface area (Å²) in [6.07, 6.45) is 13.6. The Balaban J connectivity index is 2.36. The summed E-state index contributed by atoms with van der Waals surface area (Å²) < 4.78 is 8.02. The molecular weight excluding hydrogens is 266 g/mol. The summed E-state index contributed by atoms with van der Waals surface area (Å²) in [6, 6.07) is 2.22. The maximum Gasteiger partial charge on any atom is 0.143 e. The van der Waals surface area contributed by atoms with Gasteiger partial charge in [0.1, 0.15) is 6.79 Å². The van der Waals surface area contributed by atoms with Crippen LogP contribution in [0.4, 0.5) is 0 Å². The lowest BCUT2D eigenvalue weighted by molar-refractivity contribution is -0.00778. The number of rotatable bonds is 10. The Morgan fingerprint density at radius 1 is 1.10 bits per heavy atom. The summed E-state index contributed by atoms with van der Waals surface area (Å²) in [5.74, 6) is 0. The highest BCUT2D eigenvalue weighted by molar-refractivity contribution is 6.32. The van der Waals surface area contributed by atoms with Crippen molar-refractivity contribution >= 4 is 9.68 Å². The van der Waals surface area contributed by atoms with Crippen LogP contribution >= 0.6 is 0 Å². The normalized spacial score (nSPS) is 20.7. The second-order valence-electron chi connectivity index (χ2n) is 6.13. The van der Waals surface area contributed by atoms with Gasteiger partial charge in [0, 0.05) is 6.04 Å². The van der Waals surface area contributed by atoms with Gasteiger partial charge >= 0.3 is 0 Å². The third kappa shape index (κ3) is 8.40. The molecule has 0 radical (unpaired) electrons. The molecule has 1 N–H and O–H groups in total. The van der Waals surface area contributed by atoms with E-state index >= 15 is 0 Å². The van der Waals surface area contributed by atoms with E-state index in [1.54, 1.807) is 0 Å². The third-order valence-electron chi connectivity index (χ3n) is 4.48. The standard InChI is InChI=1S/C16H35NO2Si/c1-2-3-4-7-10-16(11-13-19-15-18)17-12-8-5-6-9-14-20-17/h16,18H,2-15,20H2,1H3.